The Bertz CT molecular complexity index is 1780. The van der Waals surface area contributed by atoms with E-state index in [1.54, 1.807) is 25.6 Å². The Hall–Kier alpha value is -5.38. The Balaban J connectivity index is 1.58. The zero-order valence-corrected chi connectivity index (χ0v) is 26.1. The number of methoxy groups -OCH3 is 2. The summed E-state index contributed by atoms with van der Waals surface area (Å²) in [6, 6.07) is 55.4. The van der Waals surface area contributed by atoms with Crippen LogP contribution in [0.3, 0.4) is 0 Å². The summed E-state index contributed by atoms with van der Waals surface area (Å²) in [5.41, 5.74) is 11.4. The number of hydrogen-bond donors (Lipinski definition) is 0. The minimum atomic E-state index is 0.736. The van der Waals surface area contributed by atoms with Crippen molar-refractivity contribution in [2.45, 2.75) is 0 Å². The molecule has 6 aromatic carbocycles. The summed E-state index contributed by atoms with van der Waals surface area (Å²) in [6.45, 7) is 0. The van der Waals surface area contributed by atoms with Crippen molar-refractivity contribution >= 4 is 11.3 Å². The van der Waals surface area contributed by atoms with Gasteiger partial charge < -0.3 is 9.47 Å². The molecule has 0 aliphatic rings. The summed E-state index contributed by atoms with van der Waals surface area (Å²) in [4.78, 5) is 2.06. The molecule has 1 heterocycles. The van der Waals surface area contributed by atoms with Gasteiger partial charge in [0.05, 0.1) is 24.0 Å². The maximum Gasteiger partial charge on any atom is 0.180 e. The SMILES string of the molecule is COc1c(-c2c(-c3ccccc3)cccc2-c2ccccc2)sc(-c2c(-c3ccccc3)cccc2-c2ccccc2)c1OC. The predicted octanol–water partition coefficient (Wildman–Crippen LogP) is 11.8. The molecule has 0 aliphatic heterocycles. The highest BCUT2D eigenvalue weighted by molar-refractivity contribution is 7.20. The molecule has 2 nitrogen and oxygen atoms in total. The highest BCUT2D eigenvalue weighted by Gasteiger charge is 2.29. The van der Waals surface area contributed by atoms with Crippen molar-refractivity contribution in [2.24, 2.45) is 0 Å². The molecule has 7 aromatic rings. The molecule has 3 heteroatoms. The fraction of sp³-hybridized carbons (Fsp3) is 0.0476. The molecule has 0 unspecified atom stereocenters. The van der Waals surface area contributed by atoms with E-state index >= 15 is 0 Å². The summed E-state index contributed by atoms with van der Waals surface area (Å²) in [5, 5.41) is 0. The summed E-state index contributed by atoms with van der Waals surface area (Å²) in [7, 11) is 3.48. The first-order valence-corrected chi connectivity index (χ1v) is 15.8. The summed E-state index contributed by atoms with van der Waals surface area (Å²) < 4.78 is 12.6. The van der Waals surface area contributed by atoms with Crippen LogP contribution in [-0.4, -0.2) is 14.2 Å². The van der Waals surface area contributed by atoms with Crippen molar-refractivity contribution in [2.75, 3.05) is 14.2 Å². The second kappa shape index (κ2) is 12.7. The smallest absolute Gasteiger partial charge is 0.180 e. The van der Waals surface area contributed by atoms with E-state index in [-0.39, 0.29) is 0 Å². The van der Waals surface area contributed by atoms with Gasteiger partial charge in [0.25, 0.3) is 0 Å². The number of rotatable bonds is 8. The highest BCUT2D eigenvalue weighted by atomic mass is 32.1. The first-order chi connectivity index (χ1) is 22.3. The van der Waals surface area contributed by atoms with Crippen LogP contribution in [0.4, 0.5) is 0 Å². The van der Waals surface area contributed by atoms with Gasteiger partial charge in [-0.25, -0.2) is 0 Å². The van der Waals surface area contributed by atoms with Crippen molar-refractivity contribution in [3.05, 3.63) is 158 Å². The lowest BCUT2D eigenvalue weighted by Gasteiger charge is -2.16. The number of hydrogen-bond acceptors (Lipinski definition) is 3. The second-order valence-corrected chi connectivity index (χ2v) is 11.8. The van der Waals surface area contributed by atoms with E-state index in [0.717, 1.165) is 76.9 Å². The van der Waals surface area contributed by atoms with Crippen molar-refractivity contribution < 1.29 is 9.47 Å². The summed E-state index contributed by atoms with van der Waals surface area (Å²) in [6.07, 6.45) is 0. The third kappa shape index (κ3) is 5.32. The summed E-state index contributed by atoms with van der Waals surface area (Å²) >= 11 is 1.73. The van der Waals surface area contributed by atoms with Crippen LogP contribution >= 0.6 is 11.3 Å². The largest absolute Gasteiger partial charge is 0.491 e. The minimum Gasteiger partial charge on any atom is -0.491 e. The van der Waals surface area contributed by atoms with Gasteiger partial charge in [0.1, 0.15) is 0 Å². The molecule has 0 saturated carbocycles. The van der Waals surface area contributed by atoms with E-state index < -0.39 is 0 Å². The second-order valence-electron chi connectivity index (χ2n) is 10.7. The maximum absolute atomic E-state index is 6.28. The minimum absolute atomic E-state index is 0.736. The molecule has 1 aromatic heterocycles. The van der Waals surface area contributed by atoms with Gasteiger partial charge in [0.2, 0.25) is 0 Å². The first kappa shape index (κ1) is 28.4. The standard InChI is InChI=1S/C42H32O2S/c1-43-39-40(44-2)42(38-35(31-21-11-5-12-22-31)27-16-28-36(38)32-23-13-6-14-24-32)45-41(39)37-33(29-17-7-3-8-18-29)25-15-26-34(37)30-19-9-4-10-20-30/h3-28H,1-2H3. The molecule has 0 saturated heterocycles. The Kier molecular flexibility index (Phi) is 8.01. The van der Waals surface area contributed by atoms with E-state index in [1.807, 2.05) is 0 Å². The van der Waals surface area contributed by atoms with Crippen LogP contribution in [0.15, 0.2) is 158 Å². The first-order valence-electron chi connectivity index (χ1n) is 15.0. The van der Waals surface area contributed by atoms with Gasteiger partial charge in [0, 0.05) is 11.1 Å². The third-order valence-corrected chi connectivity index (χ3v) is 9.34. The van der Waals surface area contributed by atoms with E-state index in [4.69, 9.17) is 9.47 Å². The van der Waals surface area contributed by atoms with Crippen LogP contribution in [-0.2, 0) is 0 Å². The Morgan fingerprint density at radius 2 is 0.600 bits per heavy atom. The van der Waals surface area contributed by atoms with E-state index in [9.17, 15) is 0 Å². The van der Waals surface area contributed by atoms with Gasteiger partial charge in [-0.05, 0) is 44.5 Å². The Morgan fingerprint density at radius 3 is 0.844 bits per heavy atom. The van der Waals surface area contributed by atoms with Gasteiger partial charge >= 0.3 is 0 Å². The molecule has 7 rings (SSSR count). The van der Waals surface area contributed by atoms with Crippen molar-refractivity contribution in [3.8, 4) is 76.9 Å². The lowest BCUT2D eigenvalue weighted by atomic mass is 9.89. The average molecular weight is 601 g/mol. The Labute approximate surface area is 268 Å². The number of thiophene rings is 1. The molecule has 45 heavy (non-hydrogen) atoms. The van der Waals surface area contributed by atoms with Gasteiger partial charge in [-0.3, -0.25) is 0 Å². The average Bonchev–Trinajstić information content (AvgIpc) is 3.50. The van der Waals surface area contributed by atoms with E-state index in [1.165, 1.54) is 0 Å². The number of benzene rings is 6. The predicted molar refractivity (Wildman–Crippen MR) is 190 cm³/mol. The van der Waals surface area contributed by atoms with Crippen molar-refractivity contribution in [1.29, 1.82) is 0 Å². The molecule has 0 N–H and O–H groups in total. The van der Waals surface area contributed by atoms with Crippen LogP contribution in [0, 0.1) is 0 Å². The molecule has 0 spiro atoms. The topological polar surface area (TPSA) is 18.5 Å². The molecule has 0 amide bonds. The Morgan fingerprint density at radius 1 is 0.333 bits per heavy atom. The van der Waals surface area contributed by atoms with Gasteiger partial charge in [-0.2, -0.15) is 0 Å². The highest BCUT2D eigenvalue weighted by Crippen LogP contribution is 2.58. The zero-order valence-electron chi connectivity index (χ0n) is 25.2. The molecule has 218 valence electrons. The maximum atomic E-state index is 6.28. The zero-order chi connectivity index (χ0) is 30.6. The normalized spacial score (nSPS) is 10.9. The van der Waals surface area contributed by atoms with Gasteiger partial charge in [-0.15, -0.1) is 11.3 Å². The fourth-order valence-electron chi connectivity index (χ4n) is 6.13. The van der Waals surface area contributed by atoms with Gasteiger partial charge in [-0.1, -0.05) is 158 Å². The quantitative estimate of drug-likeness (QED) is 0.173. The lowest BCUT2D eigenvalue weighted by molar-refractivity contribution is 0.360. The molecule has 0 atom stereocenters. The van der Waals surface area contributed by atoms with Crippen LogP contribution in [0.1, 0.15) is 0 Å². The van der Waals surface area contributed by atoms with E-state index in [0.29, 0.717) is 0 Å². The lowest BCUT2D eigenvalue weighted by Crippen LogP contribution is -1.93. The monoisotopic (exact) mass is 600 g/mol. The molecule has 0 aliphatic carbocycles. The van der Waals surface area contributed by atoms with Crippen LogP contribution in [0.5, 0.6) is 11.5 Å². The fourth-order valence-corrected chi connectivity index (χ4v) is 7.51. The molecular weight excluding hydrogens is 569 g/mol. The van der Waals surface area contributed by atoms with Crippen molar-refractivity contribution in [1.82, 2.24) is 0 Å². The summed E-state index contributed by atoms with van der Waals surface area (Å²) in [5.74, 6) is 1.47. The number of ether oxygens (including phenoxy) is 2. The van der Waals surface area contributed by atoms with Crippen LogP contribution < -0.4 is 9.47 Å². The molecular formula is C42H32O2S. The molecule has 0 radical (unpaired) electrons. The van der Waals surface area contributed by atoms with E-state index in [2.05, 4.69) is 158 Å². The van der Waals surface area contributed by atoms with Gasteiger partial charge in [0.15, 0.2) is 11.5 Å². The van der Waals surface area contributed by atoms with Crippen molar-refractivity contribution in [3.63, 3.8) is 0 Å². The van der Waals surface area contributed by atoms with Crippen LogP contribution in [0.2, 0.25) is 0 Å². The molecule has 0 fully saturated rings. The van der Waals surface area contributed by atoms with Crippen LogP contribution in [0.25, 0.3) is 65.4 Å². The third-order valence-electron chi connectivity index (χ3n) is 8.15. The molecule has 0 bridgehead atoms.